The molecule has 1 aromatic heterocycles. The van der Waals surface area contributed by atoms with Gasteiger partial charge in [0, 0.05) is 25.6 Å². The molecule has 7 nitrogen and oxygen atoms in total. The summed E-state index contributed by atoms with van der Waals surface area (Å²) < 4.78 is 11.1. The molecule has 2 fully saturated rings. The van der Waals surface area contributed by atoms with Crippen LogP contribution in [0.1, 0.15) is 57.2 Å². The largest absolute Gasteiger partial charge is 0.412 e. The number of aromatic nitrogens is 1. The van der Waals surface area contributed by atoms with Gasteiger partial charge in [-0.25, -0.2) is 9.78 Å². The van der Waals surface area contributed by atoms with Gasteiger partial charge in [0.2, 0.25) is 0 Å². The van der Waals surface area contributed by atoms with Gasteiger partial charge in [0.1, 0.15) is 5.82 Å². The number of morpholine rings is 1. The first kappa shape index (κ1) is 20.9. The van der Waals surface area contributed by atoms with Crippen molar-refractivity contribution >= 4 is 11.9 Å². The van der Waals surface area contributed by atoms with E-state index >= 15 is 0 Å². The number of pyridine rings is 1. The lowest BCUT2D eigenvalue weighted by atomic mass is 9.87. The SMILES string of the molecule is Cc1cc(N2CCOCC2)nc(C2CC2)c1OC(=O)NCCC(O)C(C)(C)C. The molecule has 0 spiro atoms. The molecule has 2 heterocycles. The first-order valence-corrected chi connectivity index (χ1v) is 10.2. The maximum atomic E-state index is 12.3. The smallest absolute Gasteiger partial charge is 0.408 e. The normalized spacial score (nSPS) is 18.7. The Hall–Kier alpha value is -1.86. The third-order valence-electron chi connectivity index (χ3n) is 5.35. The van der Waals surface area contributed by atoms with E-state index in [0.29, 0.717) is 37.8 Å². The lowest BCUT2D eigenvalue weighted by Crippen LogP contribution is -2.37. The third-order valence-corrected chi connectivity index (χ3v) is 5.35. The van der Waals surface area contributed by atoms with E-state index in [1.807, 2.05) is 33.8 Å². The number of nitrogens with one attached hydrogen (secondary N) is 1. The molecule has 1 aliphatic carbocycles. The fraction of sp³-hybridized carbons (Fsp3) is 0.714. The van der Waals surface area contributed by atoms with Gasteiger partial charge < -0.3 is 24.8 Å². The number of nitrogens with zero attached hydrogens (tertiary/aromatic N) is 2. The average molecular weight is 392 g/mol. The zero-order valence-corrected chi connectivity index (χ0v) is 17.5. The molecule has 0 radical (unpaired) electrons. The average Bonchev–Trinajstić information content (AvgIpc) is 3.48. The van der Waals surface area contributed by atoms with Gasteiger partial charge in [0.25, 0.3) is 0 Å². The fourth-order valence-corrected chi connectivity index (χ4v) is 3.26. The number of rotatable bonds is 6. The number of aryl methyl sites for hydroxylation is 1. The van der Waals surface area contributed by atoms with Crippen molar-refractivity contribution in [3.05, 3.63) is 17.3 Å². The second kappa shape index (κ2) is 8.66. The minimum atomic E-state index is -0.493. The minimum absolute atomic E-state index is 0.208. The molecule has 1 saturated heterocycles. The quantitative estimate of drug-likeness (QED) is 0.776. The first-order chi connectivity index (χ1) is 13.3. The summed E-state index contributed by atoms with van der Waals surface area (Å²) in [5, 5.41) is 12.8. The zero-order chi connectivity index (χ0) is 20.3. The summed E-state index contributed by atoms with van der Waals surface area (Å²) >= 11 is 0. The molecule has 1 amide bonds. The van der Waals surface area contributed by atoms with Crippen molar-refractivity contribution in [2.45, 2.75) is 59.0 Å². The Morgan fingerprint density at radius 3 is 2.68 bits per heavy atom. The molecule has 3 rings (SSSR count). The number of aliphatic hydroxyl groups excluding tert-OH is 1. The zero-order valence-electron chi connectivity index (χ0n) is 17.5. The predicted octanol–water partition coefficient (Wildman–Crippen LogP) is 2.99. The molecule has 156 valence electrons. The maximum absolute atomic E-state index is 12.3. The Balaban J connectivity index is 1.65. The highest BCUT2D eigenvalue weighted by atomic mass is 16.6. The highest BCUT2D eigenvalue weighted by molar-refractivity contribution is 5.71. The van der Waals surface area contributed by atoms with Crippen LogP contribution in [0.2, 0.25) is 0 Å². The van der Waals surface area contributed by atoms with Crippen molar-refractivity contribution in [2.24, 2.45) is 5.41 Å². The number of carbonyl (C=O) groups is 1. The van der Waals surface area contributed by atoms with Crippen LogP contribution in [0.4, 0.5) is 10.6 Å². The van der Waals surface area contributed by atoms with Crippen LogP contribution in [-0.2, 0) is 4.74 Å². The van der Waals surface area contributed by atoms with E-state index in [1.54, 1.807) is 0 Å². The maximum Gasteiger partial charge on any atom is 0.412 e. The van der Waals surface area contributed by atoms with Crippen LogP contribution in [0.15, 0.2) is 6.07 Å². The number of hydrogen-bond donors (Lipinski definition) is 2. The van der Waals surface area contributed by atoms with Crippen molar-refractivity contribution in [3.8, 4) is 5.75 Å². The second-order valence-electron chi connectivity index (χ2n) is 8.87. The van der Waals surface area contributed by atoms with Gasteiger partial charge in [-0.3, -0.25) is 0 Å². The predicted molar refractivity (Wildman–Crippen MR) is 108 cm³/mol. The molecule has 1 atom stereocenters. The summed E-state index contributed by atoms with van der Waals surface area (Å²) in [6.45, 7) is 11.3. The summed E-state index contributed by atoms with van der Waals surface area (Å²) in [6.07, 6.45) is 1.67. The van der Waals surface area contributed by atoms with Crippen LogP contribution in [0.3, 0.4) is 0 Å². The number of aliphatic hydroxyl groups is 1. The lowest BCUT2D eigenvalue weighted by molar-refractivity contribution is 0.0560. The minimum Gasteiger partial charge on any atom is -0.408 e. The van der Waals surface area contributed by atoms with Gasteiger partial charge in [-0.05, 0) is 43.2 Å². The molecule has 2 aliphatic rings. The van der Waals surface area contributed by atoms with Crippen LogP contribution in [-0.4, -0.2) is 55.1 Å². The summed E-state index contributed by atoms with van der Waals surface area (Å²) in [7, 11) is 0. The molecular weight excluding hydrogens is 358 g/mol. The van der Waals surface area contributed by atoms with Crippen molar-refractivity contribution in [1.29, 1.82) is 0 Å². The van der Waals surface area contributed by atoms with Crippen molar-refractivity contribution in [3.63, 3.8) is 0 Å². The third kappa shape index (κ3) is 5.35. The Kier molecular flexibility index (Phi) is 6.45. The Labute approximate surface area is 167 Å². The van der Waals surface area contributed by atoms with Crippen molar-refractivity contribution in [1.82, 2.24) is 10.3 Å². The van der Waals surface area contributed by atoms with Crippen LogP contribution >= 0.6 is 0 Å². The van der Waals surface area contributed by atoms with E-state index in [-0.39, 0.29) is 5.41 Å². The second-order valence-corrected chi connectivity index (χ2v) is 8.87. The van der Waals surface area contributed by atoms with Crippen LogP contribution < -0.4 is 15.0 Å². The molecule has 7 heteroatoms. The topological polar surface area (TPSA) is 83.9 Å². The molecule has 1 unspecified atom stereocenters. The van der Waals surface area contributed by atoms with Gasteiger partial charge >= 0.3 is 6.09 Å². The van der Waals surface area contributed by atoms with Gasteiger partial charge in [-0.2, -0.15) is 0 Å². The van der Waals surface area contributed by atoms with Crippen molar-refractivity contribution in [2.75, 3.05) is 37.7 Å². The Morgan fingerprint density at radius 1 is 1.39 bits per heavy atom. The molecule has 1 aromatic rings. The lowest BCUT2D eigenvalue weighted by Gasteiger charge is -2.29. The van der Waals surface area contributed by atoms with E-state index in [9.17, 15) is 9.90 Å². The molecule has 1 saturated carbocycles. The number of ether oxygens (including phenoxy) is 2. The fourth-order valence-electron chi connectivity index (χ4n) is 3.26. The van der Waals surface area contributed by atoms with Gasteiger partial charge in [0.05, 0.1) is 25.0 Å². The summed E-state index contributed by atoms with van der Waals surface area (Å²) in [6, 6.07) is 1.99. The molecule has 1 aliphatic heterocycles. The van der Waals surface area contributed by atoms with E-state index < -0.39 is 12.2 Å². The molecule has 28 heavy (non-hydrogen) atoms. The highest BCUT2D eigenvalue weighted by Crippen LogP contribution is 2.45. The molecular formula is C21H33N3O4. The number of hydrogen-bond acceptors (Lipinski definition) is 6. The molecule has 0 aromatic carbocycles. The van der Waals surface area contributed by atoms with E-state index in [0.717, 1.165) is 43.0 Å². The number of anilines is 1. The van der Waals surface area contributed by atoms with Crippen LogP contribution in [0.25, 0.3) is 0 Å². The van der Waals surface area contributed by atoms with E-state index in [1.165, 1.54) is 0 Å². The summed E-state index contributed by atoms with van der Waals surface area (Å²) in [5.74, 6) is 1.88. The first-order valence-electron chi connectivity index (χ1n) is 10.2. The van der Waals surface area contributed by atoms with E-state index in [4.69, 9.17) is 14.5 Å². The summed E-state index contributed by atoms with van der Waals surface area (Å²) in [4.78, 5) is 19.4. The highest BCUT2D eigenvalue weighted by Gasteiger charge is 2.31. The Bertz CT molecular complexity index is 692. The monoisotopic (exact) mass is 391 g/mol. The Morgan fingerprint density at radius 2 is 2.07 bits per heavy atom. The van der Waals surface area contributed by atoms with Crippen LogP contribution in [0, 0.1) is 12.3 Å². The standard InChI is InChI=1S/C21H33N3O4/c1-14-13-17(24-9-11-27-12-10-24)23-18(15-5-6-15)19(14)28-20(26)22-8-7-16(25)21(2,3)4/h13,15-16,25H,5-12H2,1-4H3,(H,22,26). The van der Waals surface area contributed by atoms with Crippen LogP contribution in [0.5, 0.6) is 5.75 Å². The molecule has 0 bridgehead atoms. The van der Waals surface area contributed by atoms with Crippen molar-refractivity contribution < 1.29 is 19.4 Å². The number of amides is 1. The van der Waals surface area contributed by atoms with Gasteiger partial charge in [0.15, 0.2) is 5.75 Å². The number of carbonyl (C=O) groups excluding carboxylic acids is 1. The van der Waals surface area contributed by atoms with Gasteiger partial charge in [-0.1, -0.05) is 20.8 Å². The molecule has 2 N–H and O–H groups in total. The van der Waals surface area contributed by atoms with E-state index in [2.05, 4.69) is 10.2 Å². The summed E-state index contributed by atoms with van der Waals surface area (Å²) in [5.41, 5.74) is 1.59. The van der Waals surface area contributed by atoms with Gasteiger partial charge in [-0.15, -0.1) is 0 Å².